The van der Waals surface area contributed by atoms with Gasteiger partial charge in [-0.2, -0.15) is 0 Å². The van der Waals surface area contributed by atoms with Crippen LogP contribution >= 0.6 is 23.4 Å². The Labute approximate surface area is 197 Å². The van der Waals surface area contributed by atoms with Gasteiger partial charge in [0, 0.05) is 35.5 Å². The van der Waals surface area contributed by atoms with Crippen LogP contribution in [0, 0.1) is 10.1 Å². The number of nitrogens with one attached hydrogen (secondary N) is 1. The van der Waals surface area contributed by atoms with E-state index in [1.807, 2.05) is 32.0 Å². The van der Waals surface area contributed by atoms with Crippen LogP contribution in [0.4, 0.5) is 5.69 Å². The first-order valence-electron chi connectivity index (χ1n) is 10.4. The van der Waals surface area contributed by atoms with Gasteiger partial charge >= 0.3 is 0 Å². The van der Waals surface area contributed by atoms with Crippen LogP contribution in [0.15, 0.2) is 48.5 Å². The number of hydrogen-bond acceptors (Lipinski definition) is 5. The van der Waals surface area contributed by atoms with E-state index in [1.165, 1.54) is 23.9 Å². The van der Waals surface area contributed by atoms with E-state index in [4.69, 9.17) is 11.6 Å². The molecule has 0 aliphatic heterocycles. The molecular formula is C23H28ClN3O4S. The molecule has 1 N–H and O–H groups in total. The molecule has 0 spiro atoms. The van der Waals surface area contributed by atoms with E-state index >= 15 is 0 Å². The molecule has 2 rings (SSSR count). The molecular weight excluding hydrogens is 450 g/mol. The van der Waals surface area contributed by atoms with Gasteiger partial charge in [-0.1, -0.05) is 48.9 Å². The van der Waals surface area contributed by atoms with Crippen LogP contribution in [0.1, 0.15) is 38.3 Å². The van der Waals surface area contributed by atoms with Crippen molar-refractivity contribution in [3.63, 3.8) is 0 Å². The molecule has 2 amide bonds. The monoisotopic (exact) mass is 477 g/mol. The molecule has 2 aromatic rings. The summed E-state index contributed by atoms with van der Waals surface area (Å²) in [7, 11) is 0. The molecule has 0 bridgehead atoms. The van der Waals surface area contributed by atoms with E-state index in [-0.39, 0.29) is 35.8 Å². The number of halogens is 1. The molecule has 0 aromatic heterocycles. The Morgan fingerprint density at radius 3 is 2.41 bits per heavy atom. The number of amides is 2. The normalized spacial score (nSPS) is 12.6. The molecule has 9 heteroatoms. The third-order valence-corrected chi connectivity index (χ3v) is 6.47. The Kier molecular flexibility index (Phi) is 9.99. The summed E-state index contributed by atoms with van der Waals surface area (Å²) >= 11 is 7.69. The van der Waals surface area contributed by atoms with Gasteiger partial charge in [-0.15, -0.1) is 11.8 Å². The minimum atomic E-state index is -0.659. The van der Waals surface area contributed by atoms with Crippen LogP contribution < -0.4 is 5.32 Å². The molecule has 0 aliphatic rings. The molecule has 2 atom stereocenters. The fraction of sp³-hybridized carbons (Fsp3) is 0.391. The molecule has 172 valence electrons. The summed E-state index contributed by atoms with van der Waals surface area (Å²) in [5.41, 5.74) is 1.68. The van der Waals surface area contributed by atoms with E-state index < -0.39 is 11.0 Å². The predicted molar refractivity (Wildman–Crippen MR) is 129 cm³/mol. The average molecular weight is 478 g/mol. The zero-order valence-corrected chi connectivity index (χ0v) is 20.0. The van der Waals surface area contributed by atoms with Gasteiger partial charge in [0.05, 0.1) is 10.7 Å². The summed E-state index contributed by atoms with van der Waals surface area (Å²) in [4.78, 5) is 37.7. The van der Waals surface area contributed by atoms with E-state index in [9.17, 15) is 19.7 Å². The van der Waals surface area contributed by atoms with Crippen LogP contribution in [-0.4, -0.2) is 39.5 Å². The third-order valence-electron chi connectivity index (χ3n) is 5.11. The molecule has 0 radical (unpaired) electrons. The predicted octanol–water partition coefficient (Wildman–Crippen LogP) is 4.81. The molecule has 0 saturated carbocycles. The lowest BCUT2D eigenvalue weighted by Crippen LogP contribution is -2.50. The highest BCUT2D eigenvalue weighted by molar-refractivity contribution is 7.99. The average Bonchev–Trinajstić information content (AvgIpc) is 2.78. The van der Waals surface area contributed by atoms with E-state index in [0.29, 0.717) is 10.8 Å². The highest BCUT2D eigenvalue weighted by atomic mass is 35.5. The molecule has 7 nitrogen and oxygen atoms in total. The first-order chi connectivity index (χ1) is 15.2. The SMILES string of the molecule is CC[C@H](C)NC(=O)[C@@H](C)N(Cc1ccccc1Cl)C(=O)CSCc1ccc([N+](=O)[O-])cc1. The van der Waals surface area contributed by atoms with Gasteiger partial charge in [-0.3, -0.25) is 19.7 Å². The summed E-state index contributed by atoms with van der Waals surface area (Å²) in [5, 5.41) is 14.3. The highest BCUT2D eigenvalue weighted by Gasteiger charge is 2.27. The van der Waals surface area contributed by atoms with E-state index in [2.05, 4.69) is 5.32 Å². The van der Waals surface area contributed by atoms with Crippen LogP contribution in [0.3, 0.4) is 0 Å². The maximum Gasteiger partial charge on any atom is 0.269 e. The van der Waals surface area contributed by atoms with Crippen molar-refractivity contribution >= 4 is 40.9 Å². The Balaban J connectivity index is 2.07. The Morgan fingerprint density at radius 2 is 1.81 bits per heavy atom. The number of non-ortho nitro benzene ring substituents is 1. The fourth-order valence-electron chi connectivity index (χ4n) is 2.91. The molecule has 2 aromatic carbocycles. The number of carbonyl (C=O) groups is 2. The fourth-order valence-corrected chi connectivity index (χ4v) is 3.98. The number of hydrogen-bond donors (Lipinski definition) is 1. The maximum atomic E-state index is 13.1. The summed E-state index contributed by atoms with van der Waals surface area (Å²) in [6, 6.07) is 12.9. The molecule has 0 unspecified atom stereocenters. The van der Waals surface area contributed by atoms with E-state index in [0.717, 1.165) is 17.5 Å². The minimum absolute atomic E-state index is 0.0127. The van der Waals surface area contributed by atoms with Crippen molar-refractivity contribution in [3.05, 3.63) is 74.8 Å². The van der Waals surface area contributed by atoms with Crippen LogP contribution in [0.25, 0.3) is 0 Å². The van der Waals surface area contributed by atoms with Crippen molar-refractivity contribution < 1.29 is 14.5 Å². The standard InChI is InChI=1S/C23H28ClN3O4S/c1-4-16(2)25-23(29)17(3)26(13-19-7-5-6-8-21(19)24)22(28)15-32-14-18-9-11-20(12-10-18)27(30)31/h5-12,16-17H,4,13-15H2,1-3H3,(H,25,29)/t16-,17+/m0/s1. The summed E-state index contributed by atoms with van der Waals surface area (Å²) in [6.45, 7) is 5.85. The molecule has 32 heavy (non-hydrogen) atoms. The number of carbonyl (C=O) groups excluding carboxylic acids is 2. The summed E-state index contributed by atoms with van der Waals surface area (Å²) < 4.78 is 0. The van der Waals surface area contributed by atoms with Gasteiger partial charge in [0.25, 0.3) is 5.69 Å². The van der Waals surface area contributed by atoms with Gasteiger partial charge in [0.1, 0.15) is 6.04 Å². The largest absolute Gasteiger partial charge is 0.352 e. The second kappa shape index (κ2) is 12.5. The number of benzene rings is 2. The van der Waals surface area contributed by atoms with Crippen molar-refractivity contribution in [2.24, 2.45) is 0 Å². The molecule has 0 fully saturated rings. The van der Waals surface area contributed by atoms with Crippen molar-refractivity contribution in [1.29, 1.82) is 0 Å². The number of rotatable bonds is 11. The van der Waals surface area contributed by atoms with Gasteiger partial charge in [0.15, 0.2) is 0 Å². The van der Waals surface area contributed by atoms with Crippen LogP contribution in [0.5, 0.6) is 0 Å². The highest BCUT2D eigenvalue weighted by Crippen LogP contribution is 2.21. The third kappa shape index (κ3) is 7.53. The van der Waals surface area contributed by atoms with Gasteiger partial charge in [-0.05, 0) is 37.5 Å². The second-order valence-electron chi connectivity index (χ2n) is 7.52. The lowest BCUT2D eigenvalue weighted by Gasteiger charge is -2.30. The zero-order chi connectivity index (χ0) is 23.7. The first-order valence-corrected chi connectivity index (χ1v) is 11.9. The first kappa shape index (κ1) is 25.7. The Bertz CT molecular complexity index is 939. The smallest absolute Gasteiger partial charge is 0.269 e. The van der Waals surface area contributed by atoms with Gasteiger partial charge in [0.2, 0.25) is 11.8 Å². The number of nitro benzene ring substituents is 1. The van der Waals surface area contributed by atoms with Crippen LogP contribution in [0.2, 0.25) is 5.02 Å². The van der Waals surface area contributed by atoms with Gasteiger partial charge in [-0.25, -0.2) is 0 Å². The van der Waals surface area contributed by atoms with E-state index in [1.54, 1.807) is 30.0 Å². The lowest BCUT2D eigenvalue weighted by molar-refractivity contribution is -0.384. The van der Waals surface area contributed by atoms with Crippen molar-refractivity contribution in [2.75, 3.05) is 5.75 Å². The molecule has 0 aliphatic carbocycles. The van der Waals surface area contributed by atoms with Crippen molar-refractivity contribution in [2.45, 2.75) is 51.6 Å². The molecule has 0 heterocycles. The number of nitro groups is 1. The minimum Gasteiger partial charge on any atom is -0.352 e. The molecule has 0 saturated heterocycles. The second-order valence-corrected chi connectivity index (χ2v) is 8.92. The maximum absolute atomic E-state index is 13.1. The van der Waals surface area contributed by atoms with Gasteiger partial charge < -0.3 is 10.2 Å². The summed E-state index contributed by atoms with van der Waals surface area (Å²) in [5.74, 6) is 0.309. The Morgan fingerprint density at radius 1 is 1.16 bits per heavy atom. The van der Waals surface area contributed by atoms with Crippen molar-refractivity contribution in [3.8, 4) is 0 Å². The Hall–Kier alpha value is -2.58. The quantitative estimate of drug-likeness (QED) is 0.370. The number of thioether (sulfide) groups is 1. The van der Waals surface area contributed by atoms with Crippen LogP contribution in [-0.2, 0) is 21.9 Å². The number of nitrogens with zero attached hydrogens (tertiary/aromatic N) is 2. The lowest BCUT2D eigenvalue weighted by atomic mass is 10.1. The summed E-state index contributed by atoms with van der Waals surface area (Å²) in [6.07, 6.45) is 0.794. The van der Waals surface area contributed by atoms with Crippen molar-refractivity contribution in [1.82, 2.24) is 10.2 Å². The topological polar surface area (TPSA) is 92.6 Å². The zero-order valence-electron chi connectivity index (χ0n) is 18.4.